The molecule has 2 aliphatic rings. The van der Waals surface area contributed by atoms with Crippen molar-refractivity contribution in [2.24, 2.45) is 5.92 Å². The van der Waals surface area contributed by atoms with E-state index < -0.39 is 0 Å². The summed E-state index contributed by atoms with van der Waals surface area (Å²) >= 11 is 1.63. The fourth-order valence-corrected chi connectivity index (χ4v) is 4.33. The lowest BCUT2D eigenvalue weighted by molar-refractivity contribution is -0.146. The first kappa shape index (κ1) is 13.6. The summed E-state index contributed by atoms with van der Waals surface area (Å²) in [4.78, 5) is 28.2. The van der Waals surface area contributed by atoms with Crippen molar-refractivity contribution in [1.29, 1.82) is 0 Å². The predicted octanol–water partition coefficient (Wildman–Crippen LogP) is 2.26. The first-order valence-electron chi connectivity index (χ1n) is 7.17. The summed E-state index contributed by atoms with van der Waals surface area (Å²) in [6, 6.07) is 2.05. The van der Waals surface area contributed by atoms with Crippen LogP contribution in [0.5, 0.6) is 0 Å². The van der Waals surface area contributed by atoms with E-state index in [1.165, 1.54) is 24.0 Å². The zero-order chi connectivity index (χ0) is 14.1. The number of piperidine rings is 1. The Hall–Kier alpha value is -1.36. The number of esters is 1. The van der Waals surface area contributed by atoms with Gasteiger partial charge in [-0.05, 0) is 43.7 Å². The number of ether oxygens (including phenoxy) is 1. The van der Waals surface area contributed by atoms with Gasteiger partial charge in [0.2, 0.25) is 0 Å². The molecule has 0 spiro atoms. The molecule has 0 N–H and O–H groups in total. The van der Waals surface area contributed by atoms with Crippen molar-refractivity contribution >= 4 is 23.2 Å². The van der Waals surface area contributed by atoms with E-state index in [-0.39, 0.29) is 17.8 Å². The summed E-state index contributed by atoms with van der Waals surface area (Å²) in [6.07, 6.45) is 5.11. The third kappa shape index (κ3) is 2.46. The summed E-state index contributed by atoms with van der Waals surface area (Å²) in [6.45, 7) is 1.24. The number of hydrogen-bond donors (Lipinski definition) is 0. The van der Waals surface area contributed by atoms with Crippen molar-refractivity contribution in [3.05, 3.63) is 21.4 Å². The Morgan fingerprint density at radius 3 is 2.95 bits per heavy atom. The average molecular weight is 293 g/mol. The van der Waals surface area contributed by atoms with Crippen LogP contribution in [0.1, 0.15) is 39.4 Å². The Balaban J connectivity index is 1.71. The number of aryl methyl sites for hydroxylation is 2. The first-order valence-corrected chi connectivity index (χ1v) is 7.99. The van der Waals surface area contributed by atoms with Gasteiger partial charge in [0.1, 0.15) is 0 Å². The van der Waals surface area contributed by atoms with Gasteiger partial charge in [-0.1, -0.05) is 0 Å². The molecule has 108 valence electrons. The Morgan fingerprint density at radius 2 is 2.20 bits per heavy atom. The molecule has 1 atom stereocenters. The van der Waals surface area contributed by atoms with Crippen molar-refractivity contribution < 1.29 is 14.3 Å². The molecule has 1 saturated heterocycles. The lowest BCUT2D eigenvalue weighted by Crippen LogP contribution is -2.42. The SMILES string of the molecule is COC(=O)[C@H]1CCCN(C(=O)c2cc3c(s2)CCC3)C1. The summed E-state index contributed by atoms with van der Waals surface area (Å²) < 4.78 is 4.80. The molecule has 0 saturated carbocycles. The van der Waals surface area contributed by atoms with Crippen molar-refractivity contribution in [3.8, 4) is 0 Å². The van der Waals surface area contributed by atoms with Crippen LogP contribution < -0.4 is 0 Å². The highest BCUT2D eigenvalue weighted by Gasteiger charge is 2.30. The highest BCUT2D eigenvalue weighted by Crippen LogP contribution is 2.32. The highest BCUT2D eigenvalue weighted by molar-refractivity contribution is 7.14. The summed E-state index contributed by atoms with van der Waals surface area (Å²) in [5.74, 6) is -0.279. The Labute approximate surface area is 122 Å². The molecule has 0 bridgehead atoms. The first-order chi connectivity index (χ1) is 9.69. The number of methoxy groups -OCH3 is 1. The minimum atomic E-state index is -0.198. The molecule has 1 fully saturated rings. The molecule has 0 aromatic carbocycles. The largest absolute Gasteiger partial charge is 0.469 e. The van der Waals surface area contributed by atoms with Crippen LogP contribution in [-0.2, 0) is 22.4 Å². The molecule has 1 aromatic rings. The lowest BCUT2D eigenvalue weighted by atomic mass is 9.98. The zero-order valence-electron chi connectivity index (χ0n) is 11.7. The molecule has 1 aliphatic heterocycles. The number of rotatable bonds is 2. The second kappa shape index (κ2) is 5.56. The molecule has 1 aromatic heterocycles. The number of amides is 1. The van der Waals surface area contributed by atoms with Crippen LogP contribution in [0.2, 0.25) is 0 Å². The molecule has 20 heavy (non-hydrogen) atoms. The highest BCUT2D eigenvalue weighted by atomic mass is 32.1. The van der Waals surface area contributed by atoms with Gasteiger partial charge < -0.3 is 9.64 Å². The van der Waals surface area contributed by atoms with E-state index in [1.807, 2.05) is 4.90 Å². The smallest absolute Gasteiger partial charge is 0.310 e. The van der Waals surface area contributed by atoms with Gasteiger partial charge in [0.05, 0.1) is 17.9 Å². The van der Waals surface area contributed by atoms with Gasteiger partial charge >= 0.3 is 5.97 Å². The fourth-order valence-electron chi connectivity index (χ4n) is 3.11. The van der Waals surface area contributed by atoms with Crippen molar-refractivity contribution in [2.45, 2.75) is 32.1 Å². The maximum absolute atomic E-state index is 12.5. The molecule has 3 rings (SSSR count). The molecule has 0 unspecified atom stereocenters. The van der Waals surface area contributed by atoms with Gasteiger partial charge in [-0.15, -0.1) is 11.3 Å². The standard InChI is InChI=1S/C15H19NO3S/c1-19-15(18)11-5-3-7-16(9-11)14(17)13-8-10-4-2-6-12(10)20-13/h8,11H,2-7,9H2,1H3/t11-/m0/s1. The van der Waals surface area contributed by atoms with Gasteiger partial charge in [-0.25, -0.2) is 0 Å². The molecular weight excluding hydrogens is 274 g/mol. The van der Waals surface area contributed by atoms with Gasteiger partial charge in [-0.3, -0.25) is 9.59 Å². The average Bonchev–Trinajstić information content (AvgIpc) is 3.07. The number of hydrogen-bond acceptors (Lipinski definition) is 4. The van der Waals surface area contributed by atoms with E-state index in [0.29, 0.717) is 6.54 Å². The van der Waals surface area contributed by atoms with E-state index in [9.17, 15) is 9.59 Å². The molecule has 0 radical (unpaired) electrons. The number of nitrogens with zero attached hydrogens (tertiary/aromatic N) is 1. The minimum absolute atomic E-state index is 0.0815. The molecule has 4 nitrogen and oxygen atoms in total. The number of thiophene rings is 1. The second-order valence-corrected chi connectivity index (χ2v) is 6.66. The van der Waals surface area contributed by atoms with Crippen molar-refractivity contribution in [2.75, 3.05) is 20.2 Å². The maximum atomic E-state index is 12.5. The fraction of sp³-hybridized carbons (Fsp3) is 0.600. The summed E-state index contributed by atoms with van der Waals surface area (Å²) in [5.41, 5.74) is 1.35. The lowest BCUT2D eigenvalue weighted by Gasteiger charge is -2.31. The zero-order valence-corrected chi connectivity index (χ0v) is 12.5. The predicted molar refractivity (Wildman–Crippen MR) is 77.0 cm³/mol. The molecular formula is C15H19NO3S. The molecule has 2 heterocycles. The Bertz CT molecular complexity index is 516. The number of carbonyl (C=O) groups excluding carboxylic acids is 2. The Kier molecular flexibility index (Phi) is 3.78. The van der Waals surface area contributed by atoms with Crippen molar-refractivity contribution in [3.63, 3.8) is 0 Å². The van der Waals surface area contributed by atoms with Crippen LogP contribution in [0.4, 0.5) is 0 Å². The summed E-state index contributed by atoms with van der Waals surface area (Å²) in [7, 11) is 1.41. The third-order valence-corrected chi connectivity index (χ3v) is 5.43. The number of fused-ring (bicyclic) bond motifs is 1. The topological polar surface area (TPSA) is 46.6 Å². The maximum Gasteiger partial charge on any atom is 0.310 e. The van der Waals surface area contributed by atoms with Crippen LogP contribution in [0.3, 0.4) is 0 Å². The third-order valence-electron chi connectivity index (χ3n) is 4.20. The molecule has 1 aliphatic carbocycles. The normalized spacial score (nSPS) is 21.6. The molecule has 1 amide bonds. The minimum Gasteiger partial charge on any atom is -0.469 e. The van der Waals surface area contributed by atoms with Crippen LogP contribution in [-0.4, -0.2) is 37.0 Å². The van der Waals surface area contributed by atoms with Crippen LogP contribution in [0, 0.1) is 5.92 Å². The quantitative estimate of drug-likeness (QED) is 0.786. The van der Waals surface area contributed by atoms with E-state index >= 15 is 0 Å². The van der Waals surface area contributed by atoms with Gasteiger partial charge in [0.25, 0.3) is 5.91 Å². The molecule has 5 heteroatoms. The monoisotopic (exact) mass is 293 g/mol. The van der Waals surface area contributed by atoms with Crippen LogP contribution >= 0.6 is 11.3 Å². The van der Waals surface area contributed by atoms with Gasteiger partial charge in [-0.2, -0.15) is 0 Å². The summed E-state index contributed by atoms with van der Waals surface area (Å²) in [5, 5.41) is 0. The second-order valence-electron chi connectivity index (χ2n) is 5.53. The van der Waals surface area contributed by atoms with E-state index in [4.69, 9.17) is 4.74 Å². The number of carbonyl (C=O) groups is 2. The van der Waals surface area contributed by atoms with E-state index in [2.05, 4.69) is 6.07 Å². The van der Waals surface area contributed by atoms with E-state index in [0.717, 1.165) is 37.1 Å². The Morgan fingerprint density at radius 1 is 1.35 bits per heavy atom. The van der Waals surface area contributed by atoms with Gasteiger partial charge in [0.15, 0.2) is 0 Å². The van der Waals surface area contributed by atoms with Crippen LogP contribution in [0.15, 0.2) is 6.07 Å². The van der Waals surface area contributed by atoms with Gasteiger partial charge in [0, 0.05) is 18.0 Å². The van der Waals surface area contributed by atoms with E-state index in [1.54, 1.807) is 11.3 Å². The van der Waals surface area contributed by atoms with Crippen LogP contribution in [0.25, 0.3) is 0 Å². The number of likely N-dealkylation sites (tertiary alicyclic amines) is 1. The van der Waals surface area contributed by atoms with Crippen molar-refractivity contribution in [1.82, 2.24) is 4.90 Å².